The van der Waals surface area contributed by atoms with Crippen molar-refractivity contribution >= 4 is 17.7 Å². The molecule has 1 aliphatic carbocycles. The molecule has 0 atom stereocenters. The van der Waals surface area contributed by atoms with Crippen molar-refractivity contribution in [3.63, 3.8) is 0 Å². The number of amides is 2. The van der Waals surface area contributed by atoms with Crippen LogP contribution >= 0.6 is 0 Å². The lowest BCUT2D eigenvalue weighted by atomic mass is 10.4. The minimum Gasteiger partial charge on any atom is -0.480 e. The molecule has 1 saturated carbocycles. The average Bonchev–Trinajstić information content (AvgIpc) is 2.98. The quantitative estimate of drug-likeness (QED) is 0.696. The lowest BCUT2D eigenvalue weighted by Gasteiger charge is -2.04. The standard InChI is InChI=1S/C10H14N4O3/c15-9(16)6-14-5-8(4-12-14)13-10(17)11-3-7-1-2-7/h4-5,7H,1-3,6H2,(H,15,16)(H2,11,13,17). The molecule has 1 heterocycles. The summed E-state index contributed by atoms with van der Waals surface area (Å²) < 4.78 is 1.25. The summed E-state index contributed by atoms with van der Waals surface area (Å²) in [6.45, 7) is 0.473. The molecule has 2 rings (SSSR count). The van der Waals surface area contributed by atoms with Crippen LogP contribution in [0.1, 0.15) is 12.8 Å². The van der Waals surface area contributed by atoms with Crippen molar-refractivity contribution in [1.29, 1.82) is 0 Å². The Morgan fingerprint density at radius 1 is 1.53 bits per heavy atom. The highest BCUT2D eigenvalue weighted by Gasteiger charge is 2.21. The Bertz CT molecular complexity index is 425. The second kappa shape index (κ2) is 4.86. The summed E-state index contributed by atoms with van der Waals surface area (Å²) >= 11 is 0. The van der Waals surface area contributed by atoms with Gasteiger partial charge in [-0.2, -0.15) is 5.10 Å². The van der Waals surface area contributed by atoms with E-state index >= 15 is 0 Å². The molecule has 17 heavy (non-hydrogen) atoms. The van der Waals surface area contributed by atoms with E-state index in [1.807, 2.05) is 0 Å². The monoisotopic (exact) mass is 238 g/mol. The van der Waals surface area contributed by atoms with E-state index in [2.05, 4.69) is 15.7 Å². The van der Waals surface area contributed by atoms with Gasteiger partial charge in [-0.3, -0.25) is 9.48 Å². The number of hydrogen-bond donors (Lipinski definition) is 3. The fourth-order valence-corrected chi connectivity index (χ4v) is 1.39. The van der Waals surface area contributed by atoms with Gasteiger partial charge in [0.1, 0.15) is 6.54 Å². The second-order valence-electron chi connectivity index (χ2n) is 4.10. The van der Waals surface area contributed by atoms with Gasteiger partial charge in [-0.05, 0) is 18.8 Å². The van der Waals surface area contributed by atoms with Gasteiger partial charge >= 0.3 is 12.0 Å². The summed E-state index contributed by atoms with van der Waals surface area (Å²) in [6.07, 6.45) is 5.25. The first kappa shape index (κ1) is 11.4. The first-order valence-electron chi connectivity index (χ1n) is 5.42. The van der Waals surface area contributed by atoms with Gasteiger partial charge in [0, 0.05) is 12.7 Å². The molecule has 0 radical (unpaired) electrons. The van der Waals surface area contributed by atoms with Crippen LogP contribution in [0.3, 0.4) is 0 Å². The van der Waals surface area contributed by atoms with Gasteiger partial charge < -0.3 is 15.7 Å². The molecular weight excluding hydrogens is 224 g/mol. The van der Waals surface area contributed by atoms with Gasteiger partial charge in [0.15, 0.2) is 0 Å². The molecular formula is C10H14N4O3. The molecule has 0 aromatic carbocycles. The van der Waals surface area contributed by atoms with Gasteiger partial charge in [-0.25, -0.2) is 4.79 Å². The van der Waals surface area contributed by atoms with Crippen LogP contribution in [0.4, 0.5) is 10.5 Å². The number of carbonyl (C=O) groups excluding carboxylic acids is 1. The number of carboxylic acid groups (broad SMARTS) is 1. The van der Waals surface area contributed by atoms with Gasteiger partial charge in [-0.1, -0.05) is 0 Å². The van der Waals surface area contributed by atoms with E-state index in [1.54, 1.807) is 0 Å². The molecule has 0 saturated heterocycles. The molecule has 0 unspecified atom stereocenters. The Morgan fingerprint density at radius 2 is 2.29 bits per heavy atom. The minimum absolute atomic E-state index is 0.217. The number of urea groups is 1. The number of carbonyl (C=O) groups is 2. The summed E-state index contributed by atoms with van der Waals surface area (Å²) in [6, 6.07) is -0.285. The number of nitrogens with one attached hydrogen (secondary N) is 2. The van der Waals surface area contributed by atoms with E-state index in [-0.39, 0.29) is 12.6 Å². The fraction of sp³-hybridized carbons (Fsp3) is 0.500. The fourth-order valence-electron chi connectivity index (χ4n) is 1.39. The number of carboxylic acids is 1. The number of rotatable bonds is 5. The first-order valence-corrected chi connectivity index (χ1v) is 5.42. The molecule has 0 bridgehead atoms. The van der Waals surface area contributed by atoms with Crippen LogP contribution in [-0.2, 0) is 11.3 Å². The largest absolute Gasteiger partial charge is 0.480 e. The van der Waals surface area contributed by atoms with E-state index in [0.29, 0.717) is 18.2 Å². The third-order valence-electron chi connectivity index (χ3n) is 2.44. The van der Waals surface area contributed by atoms with Crippen LogP contribution in [0, 0.1) is 5.92 Å². The SMILES string of the molecule is O=C(O)Cn1cc(NC(=O)NCC2CC2)cn1. The topological polar surface area (TPSA) is 96.2 Å². The summed E-state index contributed by atoms with van der Waals surface area (Å²) in [5, 5.41) is 17.7. The minimum atomic E-state index is -0.974. The highest BCUT2D eigenvalue weighted by Crippen LogP contribution is 2.27. The van der Waals surface area contributed by atoms with Gasteiger partial charge in [0.05, 0.1) is 11.9 Å². The van der Waals surface area contributed by atoms with Crippen molar-refractivity contribution in [2.24, 2.45) is 5.92 Å². The molecule has 2 amide bonds. The summed E-state index contributed by atoms with van der Waals surface area (Å²) in [5.41, 5.74) is 0.486. The molecule has 1 aromatic rings. The third kappa shape index (κ3) is 3.78. The highest BCUT2D eigenvalue weighted by molar-refractivity contribution is 5.88. The van der Waals surface area contributed by atoms with Crippen LogP contribution in [0.15, 0.2) is 12.4 Å². The number of aliphatic carboxylic acids is 1. The Morgan fingerprint density at radius 3 is 2.94 bits per heavy atom. The van der Waals surface area contributed by atoms with Crippen molar-refractivity contribution in [2.45, 2.75) is 19.4 Å². The zero-order valence-corrected chi connectivity index (χ0v) is 9.22. The molecule has 0 aliphatic heterocycles. The molecule has 1 aromatic heterocycles. The van der Waals surface area contributed by atoms with E-state index in [1.165, 1.54) is 29.9 Å². The van der Waals surface area contributed by atoms with Crippen LogP contribution in [-0.4, -0.2) is 33.4 Å². The lowest BCUT2D eigenvalue weighted by Crippen LogP contribution is -2.30. The van der Waals surface area contributed by atoms with Crippen molar-refractivity contribution in [2.75, 3.05) is 11.9 Å². The van der Waals surface area contributed by atoms with Crippen molar-refractivity contribution in [1.82, 2.24) is 15.1 Å². The number of aromatic nitrogens is 2. The van der Waals surface area contributed by atoms with E-state index in [0.717, 1.165) is 0 Å². The smallest absolute Gasteiger partial charge is 0.325 e. The zero-order valence-electron chi connectivity index (χ0n) is 9.22. The second-order valence-corrected chi connectivity index (χ2v) is 4.10. The van der Waals surface area contributed by atoms with Crippen molar-refractivity contribution in [3.8, 4) is 0 Å². The molecule has 3 N–H and O–H groups in total. The summed E-state index contributed by atoms with van der Waals surface area (Å²) in [7, 11) is 0. The Balaban J connectivity index is 1.78. The first-order chi connectivity index (χ1) is 8.13. The van der Waals surface area contributed by atoms with Crippen LogP contribution in [0.5, 0.6) is 0 Å². The molecule has 7 nitrogen and oxygen atoms in total. The molecule has 0 spiro atoms. The Hall–Kier alpha value is -2.05. The lowest BCUT2D eigenvalue weighted by molar-refractivity contribution is -0.137. The third-order valence-corrected chi connectivity index (χ3v) is 2.44. The van der Waals surface area contributed by atoms with Gasteiger partial charge in [0.25, 0.3) is 0 Å². The van der Waals surface area contributed by atoms with Gasteiger partial charge in [0.2, 0.25) is 0 Å². The molecule has 92 valence electrons. The predicted octanol–water partition coefficient (Wildman–Crippen LogP) is 0.499. The molecule has 1 aliphatic rings. The normalized spacial score (nSPS) is 14.4. The summed E-state index contributed by atoms with van der Waals surface area (Å²) in [4.78, 5) is 21.8. The molecule has 1 fully saturated rings. The Labute approximate surface area is 97.8 Å². The number of anilines is 1. The number of hydrogen-bond acceptors (Lipinski definition) is 3. The zero-order chi connectivity index (χ0) is 12.3. The maximum Gasteiger partial charge on any atom is 0.325 e. The number of nitrogens with zero attached hydrogens (tertiary/aromatic N) is 2. The van der Waals surface area contributed by atoms with Gasteiger partial charge in [-0.15, -0.1) is 0 Å². The maximum absolute atomic E-state index is 11.4. The molecule has 7 heteroatoms. The Kier molecular flexibility index (Phi) is 3.27. The predicted molar refractivity (Wildman–Crippen MR) is 59.6 cm³/mol. The van der Waals surface area contributed by atoms with Crippen molar-refractivity contribution < 1.29 is 14.7 Å². The highest BCUT2D eigenvalue weighted by atomic mass is 16.4. The van der Waals surface area contributed by atoms with Crippen LogP contribution in [0.2, 0.25) is 0 Å². The summed E-state index contributed by atoms with van der Waals surface area (Å²) in [5.74, 6) is -0.353. The van der Waals surface area contributed by atoms with Crippen molar-refractivity contribution in [3.05, 3.63) is 12.4 Å². The maximum atomic E-state index is 11.4. The van der Waals surface area contributed by atoms with Crippen LogP contribution in [0.25, 0.3) is 0 Å². The average molecular weight is 238 g/mol. The van der Waals surface area contributed by atoms with E-state index in [4.69, 9.17) is 5.11 Å². The van der Waals surface area contributed by atoms with Crippen LogP contribution < -0.4 is 10.6 Å². The van der Waals surface area contributed by atoms with E-state index < -0.39 is 5.97 Å². The van der Waals surface area contributed by atoms with E-state index in [9.17, 15) is 9.59 Å².